The highest BCUT2D eigenvalue weighted by Crippen LogP contribution is 2.24. The fourth-order valence-electron chi connectivity index (χ4n) is 2.23. The van der Waals surface area contributed by atoms with E-state index in [1.807, 2.05) is 32.0 Å². The molecule has 2 N–H and O–H groups in total. The number of carbonyl (C=O) groups is 2. The van der Waals surface area contributed by atoms with Gasteiger partial charge in [0.2, 0.25) is 0 Å². The minimum Gasteiger partial charge on any atom is -0.369 e. The Hall–Kier alpha value is -2.08. The Balaban J connectivity index is 2.09. The van der Waals surface area contributed by atoms with Crippen molar-refractivity contribution in [2.45, 2.75) is 26.9 Å². The maximum absolute atomic E-state index is 11.9. The van der Waals surface area contributed by atoms with Crippen molar-refractivity contribution in [3.8, 4) is 0 Å². The highest BCUT2D eigenvalue weighted by Gasteiger charge is 2.21. The second-order valence-corrected chi connectivity index (χ2v) is 4.97. The van der Waals surface area contributed by atoms with E-state index < -0.39 is 6.10 Å². The largest absolute Gasteiger partial charge is 0.369 e. The maximum atomic E-state index is 11.9. The molecule has 1 aliphatic rings. The normalized spacial score (nSPS) is 15.8. The van der Waals surface area contributed by atoms with E-state index >= 15 is 0 Å². The van der Waals surface area contributed by atoms with Crippen LogP contribution in [0.5, 0.6) is 0 Å². The van der Waals surface area contributed by atoms with E-state index in [0.717, 1.165) is 16.9 Å². The Morgan fingerprint density at radius 2 is 2.29 bits per heavy atom. The van der Waals surface area contributed by atoms with Gasteiger partial charge in [-0.25, -0.2) is 4.79 Å². The Morgan fingerprint density at radius 1 is 1.52 bits per heavy atom. The van der Waals surface area contributed by atoms with Crippen LogP contribution in [0.1, 0.15) is 19.4 Å². The van der Waals surface area contributed by atoms with Gasteiger partial charge in [-0.05, 0) is 44.5 Å². The molecule has 1 heterocycles. The third-order valence-electron chi connectivity index (χ3n) is 3.42. The van der Waals surface area contributed by atoms with Crippen LogP contribution in [-0.4, -0.2) is 37.7 Å². The van der Waals surface area contributed by atoms with Crippen LogP contribution in [-0.2, 0) is 9.53 Å². The molecule has 1 aromatic carbocycles. The monoisotopic (exact) mass is 291 g/mol. The van der Waals surface area contributed by atoms with Crippen molar-refractivity contribution in [2.24, 2.45) is 0 Å². The van der Waals surface area contributed by atoms with Crippen molar-refractivity contribution in [3.05, 3.63) is 23.8 Å². The van der Waals surface area contributed by atoms with E-state index in [4.69, 9.17) is 4.74 Å². The first-order valence-electron chi connectivity index (χ1n) is 7.11. The number of rotatable bonds is 5. The molecule has 3 amide bonds. The van der Waals surface area contributed by atoms with Crippen LogP contribution in [0.2, 0.25) is 0 Å². The molecule has 1 atom stereocenters. The van der Waals surface area contributed by atoms with Crippen LogP contribution in [0, 0.1) is 6.92 Å². The molecule has 6 heteroatoms. The molecule has 0 aromatic heterocycles. The number of anilines is 2. The summed E-state index contributed by atoms with van der Waals surface area (Å²) in [6.07, 6.45) is -0.488. The summed E-state index contributed by atoms with van der Waals surface area (Å²) in [5.74, 6) is -0.174. The number of hydrogen-bond donors (Lipinski definition) is 2. The zero-order chi connectivity index (χ0) is 15.4. The molecule has 1 saturated heterocycles. The van der Waals surface area contributed by atoms with Crippen LogP contribution in [0.4, 0.5) is 16.2 Å². The van der Waals surface area contributed by atoms with Crippen molar-refractivity contribution in [2.75, 3.05) is 29.9 Å². The lowest BCUT2D eigenvalue weighted by Gasteiger charge is -2.18. The fourth-order valence-corrected chi connectivity index (χ4v) is 2.23. The quantitative estimate of drug-likeness (QED) is 0.870. The minimum atomic E-state index is -0.488. The topological polar surface area (TPSA) is 70.7 Å². The van der Waals surface area contributed by atoms with Crippen LogP contribution in [0.3, 0.4) is 0 Å². The standard InChI is InChI=1S/C15H21N3O3/c1-4-21-11(3)14(19)17-13-6-5-12(9-10(13)2)18-8-7-16-15(18)20/h5-6,9,11H,4,7-8H2,1-3H3,(H,16,20)(H,17,19)/t11-/m1/s1. The van der Waals surface area contributed by atoms with Crippen molar-refractivity contribution >= 4 is 23.3 Å². The predicted octanol–water partition coefficient (Wildman–Crippen LogP) is 1.89. The van der Waals surface area contributed by atoms with E-state index in [-0.39, 0.29) is 11.9 Å². The summed E-state index contributed by atoms with van der Waals surface area (Å²) in [6, 6.07) is 5.45. The molecule has 0 aliphatic carbocycles. The fraction of sp³-hybridized carbons (Fsp3) is 0.467. The van der Waals surface area contributed by atoms with Crippen molar-refractivity contribution < 1.29 is 14.3 Å². The summed E-state index contributed by atoms with van der Waals surface area (Å²) in [5, 5.41) is 5.60. The number of aryl methyl sites for hydroxylation is 1. The summed E-state index contributed by atoms with van der Waals surface area (Å²) in [7, 11) is 0. The first-order chi connectivity index (χ1) is 10.0. The van der Waals surface area contributed by atoms with Crippen LogP contribution >= 0.6 is 0 Å². The Labute approximate surface area is 124 Å². The molecule has 0 unspecified atom stereocenters. The van der Waals surface area contributed by atoms with Gasteiger partial charge in [0.1, 0.15) is 6.10 Å². The number of nitrogens with one attached hydrogen (secondary N) is 2. The predicted molar refractivity (Wildman–Crippen MR) is 81.6 cm³/mol. The lowest BCUT2D eigenvalue weighted by molar-refractivity contribution is -0.126. The molecular formula is C15H21N3O3. The molecule has 0 radical (unpaired) electrons. The van der Waals surface area contributed by atoms with Gasteiger partial charge in [0.15, 0.2) is 0 Å². The van der Waals surface area contributed by atoms with Crippen LogP contribution in [0.15, 0.2) is 18.2 Å². The Bertz CT molecular complexity index is 545. The summed E-state index contributed by atoms with van der Waals surface area (Å²) in [6.45, 7) is 7.28. The molecule has 6 nitrogen and oxygen atoms in total. The molecule has 0 spiro atoms. The molecule has 1 aromatic rings. The molecular weight excluding hydrogens is 270 g/mol. The van der Waals surface area contributed by atoms with E-state index in [1.54, 1.807) is 11.8 Å². The van der Waals surface area contributed by atoms with E-state index in [9.17, 15) is 9.59 Å². The van der Waals surface area contributed by atoms with Gasteiger partial charge in [0.05, 0.1) is 0 Å². The Morgan fingerprint density at radius 3 is 2.86 bits per heavy atom. The second kappa shape index (κ2) is 6.58. The zero-order valence-corrected chi connectivity index (χ0v) is 12.6. The molecule has 2 rings (SSSR count). The molecule has 21 heavy (non-hydrogen) atoms. The first-order valence-corrected chi connectivity index (χ1v) is 7.11. The third kappa shape index (κ3) is 3.52. The number of hydrogen-bond acceptors (Lipinski definition) is 3. The summed E-state index contributed by atoms with van der Waals surface area (Å²) < 4.78 is 5.26. The van der Waals surface area contributed by atoms with E-state index in [0.29, 0.717) is 19.7 Å². The van der Waals surface area contributed by atoms with Crippen LogP contribution < -0.4 is 15.5 Å². The Kier molecular flexibility index (Phi) is 4.80. The lowest BCUT2D eigenvalue weighted by atomic mass is 10.1. The van der Waals surface area contributed by atoms with Crippen molar-refractivity contribution in [1.82, 2.24) is 5.32 Å². The number of amides is 3. The number of nitrogens with zero attached hydrogens (tertiary/aromatic N) is 1. The molecule has 0 bridgehead atoms. The van der Waals surface area contributed by atoms with Crippen molar-refractivity contribution in [3.63, 3.8) is 0 Å². The first kappa shape index (κ1) is 15.3. The smallest absolute Gasteiger partial charge is 0.321 e. The van der Waals surface area contributed by atoms with Gasteiger partial charge in [-0.15, -0.1) is 0 Å². The van der Waals surface area contributed by atoms with Crippen molar-refractivity contribution in [1.29, 1.82) is 0 Å². The summed E-state index contributed by atoms with van der Waals surface area (Å²) >= 11 is 0. The number of ether oxygens (including phenoxy) is 1. The molecule has 1 fully saturated rings. The molecule has 114 valence electrons. The second-order valence-electron chi connectivity index (χ2n) is 4.97. The lowest BCUT2D eigenvalue weighted by Crippen LogP contribution is -2.29. The van der Waals surface area contributed by atoms with Gasteiger partial charge in [-0.2, -0.15) is 0 Å². The average Bonchev–Trinajstić information content (AvgIpc) is 2.87. The van der Waals surface area contributed by atoms with E-state index in [2.05, 4.69) is 10.6 Å². The molecule has 0 saturated carbocycles. The number of carbonyl (C=O) groups excluding carboxylic acids is 2. The van der Waals surface area contributed by atoms with Gasteiger partial charge < -0.3 is 15.4 Å². The van der Waals surface area contributed by atoms with Gasteiger partial charge in [0, 0.05) is 31.1 Å². The minimum absolute atomic E-state index is 0.0869. The van der Waals surface area contributed by atoms with Gasteiger partial charge in [0.25, 0.3) is 5.91 Å². The zero-order valence-electron chi connectivity index (χ0n) is 12.6. The van der Waals surface area contributed by atoms with Gasteiger partial charge in [-0.1, -0.05) is 0 Å². The summed E-state index contributed by atoms with van der Waals surface area (Å²) in [4.78, 5) is 25.3. The third-order valence-corrected chi connectivity index (χ3v) is 3.42. The summed E-state index contributed by atoms with van der Waals surface area (Å²) in [5.41, 5.74) is 2.47. The maximum Gasteiger partial charge on any atom is 0.321 e. The number of benzene rings is 1. The van der Waals surface area contributed by atoms with Crippen LogP contribution in [0.25, 0.3) is 0 Å². The average molecular weight is 291 g/mol. The highest BCUT2D eigenvalue weighted by atomic mass is 16.5. The number of urea groups is 1. The highest BCUT2D eigenvalue weighted by molar-refractivity contribution is 5.96. The van der Waals surface area contributed by atoms with Gasteiger partial charge >= 0.3 is 6.03 Å². The molecule has 1 aliphatic heterocycles. The SMILES string of the molecule is CCO[C@H](C)C(=O)Nc1ccc(N2CCNC2=O)cc1C. The van der Waals surface area contributed by atoms with E-state index in [1.165, 1.54) is 0 Å². The van der Waals surface area contributed by atoms with Gasteiger partial charge in [-0.3, -0.25) is 9.69 Å².